The van der Waals surface area contributed by atoms with Gasteiger partial charge in [-0.3, -0.25) is 19.6 Å². The number of aliphatic hydroxyl groups is 1. The highest BCUT2D eigenvalue weighted by molar-refractivity contribution is 7.13. The zero-order chi connectivity index (χ0) is 27.7. The van der Waals surface area contributed by atoms with Gasteiger partial charge in [0.1, 0.15) is 5.82 Å². The number of thiazole rings is 1. The largest absolute Gasteiger partial charge is 0.395 e. The molecule has 2 fully saturated rings. The Morgan fingerprint density at radius 1 is 1.10 bits per heavy atom. The third-order valence-electron chi connectivity index (χ3n) is 7.84. The first-order chi connectivity index (χ1) is 19.4. The first-order valence-electron chi connectivity index (χ1n) is 13.3. The predicted octanol–water partition coefficient (Wildman–Crippen LogP) is 2.80. The van der Waals surface area contributed by atoms with Crippen LogP contribution in [0.15, 0.2) is 54.0 Å². The van der Waals surface area contributed by atoms with Crippen molar-refractivity contribution in [3.05, 3.63) is 59.9 Å². The van der Waals surface area contributed by atoms with Gasteiger partial charge in [0, 0.05) is 60.9 Å². The fourth-order valence-electron chi connectivity index (χ4n) is 5.47. The summed E-state index contributed by atoms with van der Waals surface area (Å²) in [6.45, 7) is 3.50. The number of nitrogens with zero attached hydrogens (tertiary/aromatic N) is 5. The summed E-state index contributed by atoms with van der Waals surface area (Å²) in [6.07, 6.45) is 2.24. The van der Waals surface area contributed by atoms with Gasteiger partial charge in [-0.25, -0.2) is 9.37 Å². The Morgan fingerprint density at radius 2 is 1.90 bits per heavy atom. The van der Waals surface area contributed by atoms with Gasteiger partial charge in [-0.05, 0) is 55.4 Å². The number of hydrogen-bond donors (Lipinski definition) is 3. The highest BCUT2D eigenvalue weighted by atomic mass is 32.1. The van der Waals surface area contributed by atoms with E-state index >= 15 is 0 Å². The lowest BCUT2D eigenvalue weighted by molar-refractivity contribution is -0.133. The molecule has 4 aromatic rings. The molecule has 0 saturated carbocycles. The molecule has 1 unspecified atom stereocenters. The van der Waals surface area contributed by atoms with E-state index in [0.717, 1.165) is 34.7 Å². The average Bonchev–Trinajstić information content (AvgIpc) is 3.74. The van der Waals surface area contributed by atoms with E-state index in [0.29, 0.717) is 44.0 Å². The van der Waals surface area contributed by atoms with E-state index < -0.39 is 5.41 Å². The second kappa shape index (κ2) is 11.0. The molecule has 2 aromatic carbocycles. The Morgan fingerprint density at radius 3 is 2.62 bits per heavy atom. The maximum atomic E-state index is 13.4. The molecule has 12 heteroatoms. The van der Waals surface area contributed by atoms with E-state index in [1.165, 1.54) is 12.1 Å². The number of aromatic nitrogens is 3. The highest BCUT2D eigenvalue weighted by Crippen LogP contribution is 2.33. The number of H-pyrrole nitrogens is 1. The third-order valence-corrected chi connectivity index (χ3v) is 8.67. The number of amides is 2. The minimum atomic E-state index is -1.01. The van der Waals surface area contributed by atoms with Crippen LogP contribution in [0.1, 0.15) is 6.42 Å². The highest BCUT2D eigenvalue weighted by Gasteiger charge is 2.45. The van der Waals surface area contributed by atoms with Crippen LogP contribution < -0.4 is 10.2 Å². The molecule has 208 valence electrons. The summed E-state index contributed by atoms with van der Waals surface area (Å²) in [4.78, 5) is 36.8. The lowest BCUT2D eigenvalue weighted by Crippen LogP contribution is -2.51. The maximum absolute atomic E-state index is 13.4. The number of piperazine rings is 1. The maximum Gasteiger partial charge on any atom is 0.236 e. The smallest absolute Gasteiger partial charge is 0.236 e. The second-order valence-electron chi connectivity index (χ2n) is 10.4. The molecule has 2 aromatic heterocycles. The van der Waals surface area contributed by atoms with Crippen LogP contribution >= 0.6 is 11.3 Å². The van der Waals surface area contributed by atoms with Gasteiger partial charge < -0.3 is 20.2 Å². The number of nitrogens with one attached hydrogen (secondary N) is 2. The minimum Gasteiger partial charge on any atom is -0.395 e. The van der Waals surface area contributed by atoms with E-state index in [4.69, 9.17) is 0 Å². The summed E-state index contributed by atoms with van der Waals surface area (Å²) < 4.78 is 13.4. The summed E-state index contributed by atoms with van der Waals surface area (Å²) in [5.41, 5.74) is 1.76. The van der Waals surface area contributed by atoms with Gasteiger partial charge in [-0.15, -0.1) is 11.3 Å². The van der Waals surface area contributed by atoms with Crippen LogP contribution in [0.2, 0.25) is 0 Å². The molecule has 1 atom stereocenters. The number of carbonyl (C=O) groups is 2. The van der Waals surface area contributed by atoms with Crippen LogP contribution in [0.25, 0.3) is 22.2 Å². The Labute approximate surface area is 234 Å². The van der Waals surface area contributed by atoms with Gasteiger partial charge in [0.25, 0.3) is 0 Å². The van der Waals surface area contributed by atoms with Crippen molar-refractivity contribution in [2.24, 2.45) is 5.41 Å². The molecule has 10 nitrogen and oxygen atoms in total. The molecule has 40 heavy (non-hydrogen) atoms. The fourth-order valence-corrected chi connectivity index (χ4v) is 6.17. The van der Waals surface area contributed by atoms with Crippen LogP contribution in [-0.2, 0) is 9.59 Å². The lowest BCUT2D eigenvalue weighted by Gasteiger charge is -2.35. The number of aromatic amines is 1. The van der Waals surface area contributed by atoms with Gasteiger partial charge in [-0.2, -0.15) is 5.10 Å². The molecule has 4 heterocycles. The number of hydrogen-bond acceptors (Lipinski definition) is 8. The monoisotopic (exact) mass is 563 g/mol. The summed E-state index contributed by atoms with van der Waals surface area (Å²) in [5, 5.41) is 24.3. The van der Waals surface area contributed by atoms with Crippen molar-refractivity contribution in [3.8, 4) is 11.3 Å². The zero-order valence-electron chi connectivity index (χ0n) is 21.8. The first kappa shape index (κ1) is 26.4. The molecule has 0 aliphatic carbocycles. The molecular formula is C28H30FN7O3S. The molecule has 2 aliphatic rings. The number of halogens is 1. The summed E-state index contributed by atoms with van der Waals surface area (Å²) in [7, 11) is 0. The Kier molecular flexibility index (Phi) is 7.22. The fraction of sp³-hybridized carbons (Fsp3) is 0.357. The molecule has 2 amide bonds. The Bertz CT molecular complexity index is 1500. The third kappa shape index (κ3) is 5.17. The van der Waals surface area contributed by atoms with Crippen molar-refractivity contribution >= 4 is 44.9 Å². The first-order valence-corrected chi connectivity index (χ1v) is 14.1. The van der Waals surface area contributed by atoms with Crippen molar-refractivity contribution in [2.75, 3.05) is 62.6 Å². The number of rotatable bonds is 7. The van der Waals surface area contributed by atoms with Gasteiger partial charge in [0.2, 0.25) is 11.8 Å². The van der Waals surface area contributed by atoms with Crippen LogP contribution in [-0.4, -0.2) is 94.3 Å². The van der Waals surface area contributed by atoms with E-state index in [1.54, 1.807) is 35.7 Å². The van der Waals surface area contributed by atoms with Gasteiger partial charge in [-0.1, -0.05) is 0 Å². The molecule has 2 aliphatic heterocycles. The standard InChI is InChI=1S/C28H30FN7O3S/c29-20-3-1-19(2-4-20)25-22-15-21(5-6-23(22)32-33-25)31-26(39)28(18-37)7-9-34(17-28)16-24(38)35-10-12-36(13-11-35)27-30-8-14-40-27/h1-6,8,14-15,37H,7,9-13,16-18H2,(H,31,39)(H,32,33). The molecule has 6 rings (SSSR count). The molecular weight excluding hydrogens is 533 g/mol. The minimum absolute atomic E-state index is 0.0340. The van der Waals surface area contributed by atoms with Crippen molar-refractivity contribution in [2.45, 2.75) is 6.42 Å². The molecule has 0 spiro atoms. The van der Waals surface area contributed by atoms with Crippen LogP contribution in [0, 0.1) is 11.2 Å². The van der Waals surface area contributed by atoms with Gasteiger partial charge in [0.15, 0.2) is 5.13 Å². The van der Waals surface area contributed by atoms with Crippen molar-refractivity contribution in [1.82, 2.24) is 25.0 Å². The van der Waals surface area contributed by atoms with Crippen molar-refractivity contribution in [3.63, 3.8) is 0 Å². The number of benzene rings is 2. The summed E-state index contributed by atoms with van der Waals surface area (Å²) >= 11 is 1.60. The van der Waals surface area contributed by atoms with Crippen molar-refractivity contribution < 1.29 is 19.1 Å². The van der Waals surface area contributed by atoms with E-state index in [1.807, 2.05) is 27.3 Å². The number of fused-ring (bicyclic) bond motifs is 1. The molecule has 3 N–H and O–H groups in total. The van der Waals surface area contributed by atoms with Gasteiger partial charge >= 0.3 is 0 Å². The van der Waals surface area contributed by atoms with Crippen LogP contribution in [0.5, 0.6) is 0 Å². The van der Waals surface area contributed by atoms with Crippen LogP contribution in [0.4, 0.5) is 15.2 Å². The Hall–Kier alpha value is -3.87. The quantitative estimate of drug-likeness (QED) is 0.317. The van der Waals surface area contributed by atoms with Gasteiger partial charge in [0.05, 0.1) is 29.8 Å². The lowest BCUT2D eigenvalue weighted by atomic mass is 9.87. The van der Waals surface area contributed by atoms with Crippen molar-refractivity contribution in [1.29, 1.82) is 0 Å². The van der Waals surface area contributed by atoms with E-state index in [2.05, 4.69) is 25.4 Å². The summed E-state index contributed by atoms with van der Waals surface area (Å²) in [6, 6.07) is 11.5. The summed E-state index contributed by atoms with van der Waals surface area (Å²) in [5.74, 6) is -0.577. The average molecular weight is 564 g/mol. The Balaban J connectivity index is 1.09. The topological polar surface area (TPSA) is 118 Å². The predicted molar refractivity (Wildman–Crippen MR) is 152 cm³/mol. The number of likely N-dealkylation sites (tertiary alicyclic amines) is 1. The van der Waals surface area contributed by atoms with E-state index in [-0.39, 0.29) is 30.8 Å². The number of anilines is 2. The molecule has 0 bridgehead atoms. The molecule has 0 radical (unpaired) electrons. The van der Waals surface area contributed by atoms with Crippen LogP contribution in [0.3, 0.4) is 0 Å². The van der Waals surface area contributed by atoms with E-state index in [9.17, 15) is 19.1 Å². The number of carbonyl (C=O) groups excluding carboxylic acids is 2. The zero-order valence-corrected chi connectivity index (χ0v) is 22.7. The molecule has 2 saturated heterocycles. The second-order valence-corrected chi connectivity index (χ2v) is 11.2. The SMILES string of the molecule is O=C(CN1CCC(CO)(C(=O)Nc2ccc3[nH]nc(-c4ccc(F)cc4)c3c2)C1)N1CCN(c2nccs2)CC1. The number of aliphatic hydroxyl groups excluding tert-OH is 1. The normalized spacial score (nSPS) is 19.9.